The molecule has 2 aromatic carbocycles. The van der Waals surface area contributed by atoms with Crippen molar-refractivity contribution in [2.45, 2.75) is 29.6 Å². The number of thioether (sulfide) groups is 1. The van der Waals surface area contributed by atoms with E-state index in [-0.39, 0.29) is 29.8 Å². The predicted octanol–water partition coefficient (Wildman–Crippen LogP) is 4.16. The van der Waals surface area contributed by atoms with Crippen molar-refractivity contribution in [1.82, 2.24) is 9.97 Å². The molecule has 164 valence electrons. The molecular formula is C22H25N3O4S2. The molecule has 7 nitrogen and oxygen atoms in total. The van der Waals surface area contributed by atoms with Crippen LogP contribution < -0.4 is 9.46 Å². The summed E-state index contributed by atoms with van der Waals surface area (Å²) in [6, 6.07) is 14.3. The molecule has 0 aliphatic heterocycles. The molecule has 0 unspecified atom stereocenters. The zero-order chi connectivity index (χ0) is 22.4. The van der Waals surface area contributed by atoms with Crippen molar-refractivity contribution < 1.29 is 18.3 Å². The minimum absolute atomic E-state index is 0.0236. The van der Waals surface area contributed by atoms with Crippen LogP contribution in [0.4, 0.5) is 5.82 Å². The summed E-state index contributed by atoms with van der Waals surface area (Å²) >= 11 is 1.60. The number of aliphatic hydroxyl groups excluding tert-OH is 1. The van der Waals surface area contributed by atoms with Gasteiger partial charge >= 0.3 is 0 Å². The summed E-state index contributed by atoms with van der Waals surface area (Å²) in [4.78, 5) is 9.52. The van der Waals surface area contributed by atoms with E-state index >= 15 is 0 Å². The van der Waals surface area contributed by atoms with Crippen LogP contribution in [0.3, 0.4) is 0 Å². The van der Waals surface area contributed by atoms with Gasteiger partial charge in [-0.1, -0.05) is 38.1 Å². The maximum Gasteiger partial charge on any atom is 0.263 e. The van der Waals surface area contributed by atoms with Gasteiger partial charge in [-0.05, 0) is 47.6 Å². The molecule has 3 aromatic rings. The van der Waals surface area contributed by atoms with Crippen LogP contribution in [0.1, 0.15) is 25.3 Å². The molecule has 0 spiro atoms. The smallest absolute Gasteiger partial charge is 0.263 e. The first kappa shape index (κ1) is 23.1. The van der Waals surface area contributed by atoms with E-state index in [0.29, 0.717) is 17.0 Å². The second-order valence-electron chi connectivity index (χ2n) is 7.03. The molecule has 0 fully saturated rings. The lowest BCUT2D eigenvalue weighted by molar-refractivity contribution is 0.197. The van der Waals surface area contributed by atoms with Crippen LogP contribution in [0.25, 0.3) is 11.1 Å². The predicted molar refractivity (Wildman–Crippen MR) is 123 cm³/mol. The molecule has 9 heteroatoms. The van der Waals surface area contributed by atoms with Crippen LogP contribution in [-0.4, -0.2) is 43.0 Å². The summed E-state index contributed by atoms with van der Waals surface area (Å²) in [6.45, 7) is 3.92. The van der Waals surface area contributed by atoms with Crippen LogP contribution in [0.15, 0.2) is 64.6 Å². The molecule has 0 aliphatic rings. The number of hydrogen-bond acceptors (Lipinski definition) is 7. The summed E-state index contributed by atoms with van der Waals surface area (Å²) in [5.41, 5.74) is 2.15. The Hall–Kier alpha value is -2.62. The van der Waals surface area contributed by atoms with Crippen molar-refractivity contribution in [3.8, 4) is 17.0 Å². The lowest BCUT2D eigenvalue weighted by Gasteiger charge is -2.15. The minimum Gasteiger partial charge on any atom is -0.475 e. The second kappa shape index (κ2) is 10.1. The third-order valence-electron chi connectivity index (χ3n) is 4.61. The van der Waals surface area contributed by atoms with Crippen molar-refractivity contribution in [3.63, 3.8) is 0 Å². The third kappa shape index (κ3) is 5.55. The minimum atomic E-state index is -3.89. The number of aromatic nitrogens is 2. The highest BCUT2D eigenvalue weighted by Crippen LogP contribution is 2.35. The molecule has 0 aliphatic carbocycles. The quantitative estimate of drug-likeness (QED) is 0.463. The highest BCUT2D eigenvalue weighted by molar-refractivity contribution is 7.98. The van der Waals surface area contributed by atoms with Crippen LogP contribution in [-0.2, 0) is 10.0 Å². The van der Waals surface area contributed by atoms with Gasteiger partial charge in [-0.2, -0.15) is 0 Å². The SMILES string of the molecule is CSc1ccc(-c2c(NS(=O)(=O)c3ccc(C(C)C)cc3)ncnc2OCCO)cc1. The Kier molecular flexibility index (Phi) is 7.53. The Balaban J connectivity index is 2.03. The number of anilines is 1. The van der Waals surface area contributed by atoms with Gasteiger partial charge in [0.25, 0.3) is 10.0 Å². The highest BCUT2D eigenvalue weighted by atomic mass is 32.2. The van der Waals surface area contributed by atoms with Gasteiger partial charge < -0.3 is 9.84 Å². The summed E-state index contributed by atoms with van der Waals surface area (Å²) in [5, 5.41) is 9.14. The molecule has 0 atom stereocenters. The van der Waals surface area contributed by atoms with Crippen LogP contribution in [0.2, 0.25) is 0 Å². The first-order valence-electron chi connectivity index (χ1n) is 9.71. The zero-order valence-corrected chi connectivity index (χ0v) is 19.2. The first-order chi connectivity index (χ1) is 14.9. The Bertz CT molecular complexity index is 1120. The number of rotatable bonds is 9. The Morgan fingerprint density at radius 1 is 1.06 bits per heavy atom. The zero-order valence-electron chi connectivity index (χ0n) is 17.6. The third-order valence-corrected chi connectivity index (χ3v) is 6.71. The van der Waals surface area contributed by atoms with Gasteiger partial charge in [-0.25, -0.2) is 18.4 Å². The number of hydrogen-bond donors (Lipinski definition) is 2. The molecule has 1 heterocycles. The van der Waals surface area contributed by atoms with Crippen LogP contribution in [0, 0.1) is 0 Å². The van der Waals surface area contributed by atoms with E-state index in [9.17, 15) is 8.42 Å². The van der Waals surface area contributed by atoms with Crippen LogP contribution >= 0.6 is 11.8 Å². The maximum absolute atomic E-state index is 13.0. The second-order valence-corrected chi connectivity index (χ2v) is 9.59. The maximum atomic E-state index is 13.0. The summed E-state index contributed by atoms with van der Waals surface area (Å²) in [5.74, 6) is 0.593. The molecule has 2 N–H and O–H groups in total. The molecule has 0 saturated heterocycles. The summed E-state index contributed by atoms with van der Waals surface area (Å²) in [6.07, 6.45) is 3.20. The van der Waals surface area contributed by atoms with E-state index in [2.05, 4.69) is 14.7 Å². The van der Waals surface area contributed by atoms with Gasteiger partial charge in [0, 0.05) is 4.90 Å². The van der Waals surface area contributed by atoms with Crippen LogP contribution in [0.5, 0.6) is 5.88 Å². The van der Waals surface area contributed by atoms with Crippen molar-refractivity contribution in [2.24, 2.45) is 0 Å². The molecule has 0 saturated carbocycles. The van der Waals surface area contributed by atoms with Crippen molar-refractivity contribution in [1.29, 1.82) is 0 Å². The molecule has 31 heavy (non-hydrogen) atoms. The number of nitrogens with zero attached hydrogens (tertiary/aromatic N) is 2. The van der Waals surface area contributed by atoms with E-state index < -0.39 is 10.0 Å². The van der Waals surface area contributed by atoms with Gasteiger partial charge in [-0.15, -0.1) is 11.8 Å². The number of aliphatic hydroxyl groups is 1. The van der Waals surface area contributed by atoms with E-state index in [1.165, 1.54) is 6.33 Å². The van der Waals surface area contributed by atoms with Crippen molar-refractivity contribution >= 4 is 27.6 Å². The number of benzene rings is 2. The van der Waals surface area contributed by atoms with E-state index in [4.69, 9.17) is 9.84 Å². The Labute approximate surface area is 187 Å². The van der Waals surface area contributed by atoms with Crippen molar-refractivity contribution in [3.05, 3.63) is 60.4 Å². The Morgan fingerprint density at radius 2 is 1.74 bits per heavy atom. The lowest BCUT2D eigenvalue weighted by atomic mass is 10.0. The van der Waals surface area contributed by atoms with Crippen molar-refractivity contribution in [2.75, 3.05) is 24.2 Å². The monoisotopic (exact) mass is 459 g/mol. The summed E-state index contributed by atoms with van der Waals surface area (Å²) < 4.78 is 34.2. The van der Waals surface area contributed by atoms with E-state index in [1.807, 2.05) is 44.4 Å². The fourth-order valence-electron chi connectivity index (χ4n) is 2.93. The molecular weight excluding hydrogens is 434 g/mol. The number of sulfonamides is 1. The molecule has 0 amide bonds. The topological polar surface area (TPSA) is 101 Å². The van der Waals surface area contributed by atoms with Gasteiger partial charge in [0.15, 0.2) is 5.82 Å². The van der Waals surface area contributed by atoms with Gasteiger partial charge in [0.2, 0.25) is 5.88 Å². The van der Waals surface area contributed by atoms with E-state index in [1.54, 1.807) is 36.0 Å². The fraction of sp³-hybridized carbons (Fsp3) is 0.273. The molecule has 1 aromatic heterocycles. The average Bonchev–Trinajstić information content (AvgIpc) is 2.77. The van der Waals surface area contributed by atoms with E-state index in [0.717, 1.165) is 10.5 Å². The molecule has 0 bridgehead atoms. The largest absolute Gasteiger partial charge is 0.475 e. The fourth-order valence-corrected chi connectivity index (χ4v) is 4.36. The standard InChI is InChI=1S/C22H25N3O4S2/c1-15(2)16-6-10-19(11-7-16)31(27,28)25-21-20(17-4-8-18(30-3)9-5-17)22(24-14-23-21)29-13-12-26/h4-11,14-15,26H,12-13H2,1-3H3,(H,23,24,25). The normalized spacial score (nSPS) is 11.5. The molecule has 3 rings (SSSR count). The lowest BCUT2D eigenvalue weighted by Crippen LogP contribution is -2.16. The molecule has 0 radical (unpaired) electrons. The Morgan fingerprint density at radius 3 is 2.32 bits per heavy atom. The first-order valence-corrected chi connectivity index (χ1v) is 12.4. The number of nitrogens with one attached hydrogen (secondary N) is 1. The van der Waals surface area contributed by atoms with Gasteiger partial charge in [0.1, 0.15) is 12.9 Å². The van der Waals surface area contributed by atoms with Gasteiger partial charge in [-0.3, -0.25) is 4.72 Å². The average molecular weight is 460 g/mol. The van der Waals surface area contributed by atoms with Gasteiger partial charge in [0.05, 0.1) is 17.1 Å². The summed E-state index contributed by atoms with van der Waals surface area (Å²) in [7, 11) is -3.89. The number of ether oxygens (including phenoxy) is 1. The highest BCUT2D eigenvalue weighted by Gasteiger charge is 2.21.